The summed E-state index contributed by atoms with van der Waals surface area (Å²) in [6.45, 7) is 14.5. The normalized spacial score (nSPS) is 17.7. The Kier molecular flexibility index (Phi) is 5.27. The quantitative estimate of drug-likeness (QED) is 0.839. The molecule has 0 radical (unpaired) electrons. The van der Waals surface area contributed by atoms with Crippen LogP contribution in [0.2, 0.25) is 0 Å². The number of nitrogens with zero attached hydrogens (tertiary/aromatic N) is 6. The van der Waals surface area contributed by atoms with Crippen LogP contribution in [0.3, 0.4) is 0 Å². The van der Waals surface area contributed by atoms with Gasteiger partial charge in [0.15, 0.2) is 5.82 Å². The van der Waals surface area contributed by atoms with Gasteiger partial charge >= 0.3 is 0 Å². The second-order valence-electron chi connectivity index (χ2n) is 8.31. The molecule has 2 aromatic rings. The highest BCUT2D eigenvalue weighted by Gasteiger charge is 2.33. The third kappa shape index (κ3) is 3.87. The molecule has 1 saturated heterocycles. The fourth-order valence-corrected chi connectivity index (χ4v) is 3.65. The Morgan fingerprint density at radius 1 is 1.00 bits per heavy atom. The van der Waals surface area contributed by atoms with Gasteiger partial charge < -0.3 is 4.90 Å². The first kappa shape index (κ1) is 18.8. The van der Waals surface area contributed by atoms with Crippen molar-refractivity contribution in [1.29, 1.82) is 0 Å². The van der Waals surface area contributed by atoms with E-state index in [1.807, 2.05) is 16.8 Å². The van der Waals surface area contributed by atoms with Crippen LogP contribution in [0.1, 0.15) is 46.5 Å². The first-order valence-corrected chi connectivity index (χ1v) is 9.30. The fourth-order valence-electron chi connectivity index (χ4n) is 3.65. The molecule has 1 atom stereocenters. The Bertz CT molecular complexity index is 710. The highest BCUT2D eigenvalue weighted by molar-refractivity contribution is 5.46. The van der Waals surface area contributed by atoms with Crippen molar-refractivity contribution in [2.75, 3.05) is 31.1 Å². The smallest absolute Gasteiger partial charge is 0.169 e. The van der Waals surface area contributed by atoms with E-state index in [0.29, 0.717) is 5.92 Å². The number of aromatic nitrogens is 4. The molecule has 0 saturated carbocycles. The second-order valence-corrected chi connectivity index (χ2v) is 8.31. The molecule has 0 spiro atoms. The lowest BCUT2D eigenvalue weighted by atomic mass is 9.99. The van der Waals surface area contributed by atoms with Gasteiger partial charge in [-0.2, -0.15) is 0 Å². The number of anilines is 1. The van der Waals surface area contributed by atoms with Gasteiger partial charge in [-0.05, 0) is 61.4 Å². The monoisotopic (exact) mass is 360 g/mol. The van der Waals surface area contributed by atoms with Gasteiger partial charge in [0.2, 0.25) is 0 Å². The number of rotatable bonds is 4. The first-order valence-electron chi connectivity index (χ1n) is 9.30. The molecule has 1 fully saturated rings. The van der Waals surface area contributed by atoms with E-state index in [-0.39, 0.29) is 17.4 Å². The zero-order chi connectivity index (χ0) is 18.9. The summed E-state index contributed by atoms with van der Waals surface area (Å²) in [7, 11) is 0. The van der Waals surface area contributed by atoms with Crippen LogP contribution in [0.15, 0.2) is 24.3 Å². The van der Waals surface area contributed by atoms with Crippen LogP contribution in [0.4, 0.5) is 10.1 Å². The Morgan fingerprint density at radius 2 is 1.62 bits per heavy atom. The molecule has 2 heterocycles. The Labute approximate surface area is 155 Å². The Hall–Kier alpha value is -2.02. The summed E-state index contributed by atoms with van der Waals surface area (Å²) in [5, 5.41) is 12.6. The van der Waals surface area contributed by atoms with Crippen molar-refractivity contribution in [3.8, 4) is 0 Å². The molecule has 0 bridgehead atoms. The van der Waals surface area contributed by atoms with Crippen molar-refractivity contribution >= 4 is 5.69 Å². The van der Waals surface area contributed by atoms with Crippen LogP contribution in [0, 0.1) is 11.7 Å². The van der Waals surface area contributed by atoms with Gasteiger partial charge in [0, 0.05) is 31.9 Å². The largest absolute Gasteiger partial charge is 0.369 e. The molecule has 6 nitrogen and oxygen atoms in total. The van der Waals surface area contributed by atoms with Gasteiger partial charge in [-0.3, -0.25) is 4.90 Å². The van der Waals surface area contributed by atoms with Gasteiger partial charge in [-0.25, -0.2) is 9.07 Å². The van der Waals surface area contributed by atoms with Crippen LogP contribution in [0.25, 0.3) is 0 Å². The first-order chi connectivity index (χ1) is 12.3. The summed E-state index contributed by atoms with van der Waals surface area (Å²) >= 11 is 0. The summed E-state index contributed by atoms with van der Waals surface area (Å²) in [5.74, 6) is 1.14. The van der Waals surface area contributed by atoms with Gasteiger partial charge in [0.05, 0.1) is 11.6 Å². The van der Waals surface area contributed by atoms with Crippen LogP contribution >= 0.6 is 0 Å². The number of piperazine rings is 1. The molecule has 26 heavy (non-hydrogen) atoms. The van der Waals surface area contributed by atoms with E-state index in [1.165, 1.54) is 12.1 Å². The van der Waals surface area contributed by atoms with Crippen LogP contribution < -0.4 is 4.90 Å². The minimum Gasteiger partial charge on any atom is -0.369 e. The third-order valence-electron chi connectivity index (χ3n) is 4.92. The van der Waals surface area contributed by atoms with Crippen molar-refractivity contribution in [2.45, 2.75) is 46.2 Å². The minimum atomic E-state index is -0.193. The summed E-state index contributed by atoms with van der Waals surface area (Å²) in [4.78, 5) is 4.78. The molecule has 0 N–H and O–H groups in total. The molecule has 0 aliphatic carbocycles. The summed E-state index contributed by atoms with van der Waals surface area (Å²) in [5.41, 5.74) is 0.925. The third-order valence-corrected chi connectivity index (χ3v) is 4.92. The maximum absolute atomic E-state index is 13.2. The molecule has 0 unspecified atom stereocenters. The maximum atomic E-state index is 13.2. The number of benzene rings is 1. The number of hydrogen-bond acceptors (Lipinski definition) is 5. The van der Waals surface area contributed by atoms with E-state index in [1.54, 1.807) is 0 Å². The Morgan fingerprint density at radius 3 is 2.15 bits per heavy atom. The summed E-state index contributed by atoms with van der Waals surface area (Å²) in [6, 6.07) is 6.93. The molecule has 7 heteroatoms. The van der Waals surface area contributed by atoms with Gasteiger partial charge in [-0.1, -0.05) is 13.8 Å². The van der Waals surface area contributed by atoms with Crippen molar-refractivity contribution in [3.05, 3.63) is 35.9 Å². The van der Waals surface area contributed by atoms with Crippen molar-refractivity contribution in [3.63, 3.8) is 0 Å². The molecule has 1 aromatic carbocycles. The molecular weight excluding hydrogens is 331 g/mol. The van der Waals surface area contributed by atoms with Crippen LogP contribution in [-0.4, -0.2) is 51.3 Å². The fraction of sp³-hybridized carbons (Fsp3) is 0.632. The van der Waals surface area contributed by atoms with E-state index in [4.69, 9.17) is 0 Å². The zero-order valence-electron chi connectivity index (χ0n) is 16.4. The van der Waals surface area contributed by atoms with Crippen LogP contribution in [-0.2, 0) is 5.54 Å². The van der Waals surface area contributed by atoms with E-state index in [0.717, 1.165) is 37.7 Å². The SMILES string of the molecule is CC(C)[C@H](c1nnnn1C(C)(C)C)N1CCN(c2ccc(F)cc2)CC1. The molecule has 0 amide bonds. The molecule has 1 aliphatic rings. The van der Waals surface area contributed by atoms with Crippen molar-refractivity contribution < 1.29 is 4.39 Å². The van der Waals surface area contributed by atoms with E-state index < -0.39 is 0 Å². The highest BCUT2D eigenvalue weighted by Crippen LogP contribution is 2.31. The molecule has 1 aliphatic heterocycles. The molecule has 142 valence electrons. The topological polar surface area (TPSA) is 50.1 Å². The van der Waals surface area contributed by atoms with Crippen molar-refractivity contribution in [1.82, 2.24) is 25.1 Å². The maximum Gasteiger partial charge on any atom is 0.169 e. The average Bonchev–Trinajstić information content (AvgIpc) is 3.06. The Balaban J connectivity index is 1.75. The highest BCUT2D eigenvalue weighted by atomic mass is 19.1. The van der Waals surface area contributed by atoms with E-state index >= 15 is 0 Å². The molecule has 1 aromatic heterocycles. The standard InChI is InChI=1S/C19H29FN6/c1-14(2)17(18-21-22-23-26(18)19(3,4)5)25-12-10-24(11-13-25)16-8-6-15(20)7-9-16/h6-9,14,17H,10-13H2,1-5H3/t17-/m1/s1. The van der Waals surface area contributed by atoms with Crippen LogP contribution in [0.5, 0.6) is 0 Å². The number of hydrogen-bond donors (Lipinski definition) is 0. The minimum absolute atomic E-state index is 0.151. The lowest BCUT2D eigenvalue weighted by molar-refractivity contribution is 0.128. The van der Waals surface area contributed by atoms with Crippen molar-refractivity contribution in [2.24, 2.45) is 5.92 Å². The van der Waals surface area contributed by atoms with Gasteiger partial charge in [0.1, 0.15) is 5.82 Å². The number of tetrazole rings is 1. The summed E-state index contributed by atoms with van der Waals surface area (Å²) in [6.07, 6.45) is 0. The zero-order valence-corrected chi connectivity index (χ0v) is 16.4. The predicted molar refractivity (Wildman–Crippen MR) is 101 cm³/mol. The second kappa shape index (κ2) is 7.31. The number of halogens is 1. The van der Waals surface area contributed by atoms with E-state index in [9.17, 15) is 4.39 Å². The van der Waals surface area contributed by atoms with Gasteiger partial charge in [0.25, 0.3) is 0 Å². The van der Waals surface area contributed by atoms with E-state index in [2.05, 4.69) is 59.9 Å². The predicted octanol–water partition coefficient (Wildman–Crippen LogP) is 3.09. The molecular formula is C19H29FN6. The lowest BCUT2D eigenvalue weighted by Gasteiger charge is -2.41. The van der Waals surface area contributed by atoms with Gasteiger partial charge in [-0.15, -0.1) is 5.10 Å². The lowest BCUT2D eigenvalue weighted by Crippen LogP contribution is -2.49. The summed E-state index contributed by atoms with van der Waals surface area (Å²) < 4.78 is 15.1. The average molecular weight is 360 g/mol. The molecule has 3 rings (SSSR count).